The molecule has 0 aromatic heterocycles. The van der Waals surface area contributed by atoms with Crippen molar-refractivity contribution >= 4 is 11.1 Å². The van der Waals surface area contributed by atoms with Gasteiger partial charge in [-0.2, -0.15) is 0 Å². The molecule has 0 heterocycles. The first kappa shape index (κ1) is 22.9. The first-order chi connectivity index (χ1) is 12.9. The van der Waals surface area contributed by atoms with E-state index in [1.165, 1.54) is 33.4 Å². The molecule has 4 rings (SSSR count). The Balaban J connectivity index is 0.00000140. The van der Waals surface area contributed by atoms with E-state index in [0.717, 1.165) is 0 Å². The van der Waals surface area contributed by atoms with E-state index in [0.29, 0.717) is 0 Å². The summed E-state index contributed by atoms with van der Waals surface area (Å²) in [6, 6.07) is 42.6. The molecule has 0 amide bonds. The second-order valence-corrected chi connectivity index (χ2v) is 6.21. The number of hydrogen-bond donors (Lipinski definition) is 0. The molecular formula is C26H20Na2+2. The first-order valence-electron chi connectivity index (χ1n) is 8.89. The van der Waals surface area contributed by atoms with Crippen molar-refractivity contribution in [3.05, 3.63) is 144 Å². The predicted molar refractivity (Wildman–Crippen MR) is 111 cm³/mol. The van der Waals surface area contributed by atoms with Crippen LogP contribution in [-0.2, 0) is 0 Å². The molecule has 0 saturated heterocycles. The molecule has 0 aliphatic rings. The van der Waals surface area contributed by atoms with E-state index >= 15 is 0 Å². The minimum atomic E-state index is 0. The Morgan fingerprint density at radius 1 is 0.286 bits per heavy atom. The van der Waals surface area contributed by atoms with Gasteiger partial charge in [-0.3, -0.25) is 0 Å². The van der Waals surface area contributed by atoms with Gasteiger partial charge < -0.3 is 0 Å². The van der Waals surface area contributed by atoms with Crippen LogP contribution in [0.4, 0.5) is 0 Å². The van der Waals surface area contributed by atoms with Crippen LogP contribution in [0, 0.1) is 0 Å². The normalized spacial score (nSPS) is 9.57. The molecule has 0 N–H and O–H groups in total. The largest absolute Gasteiger partial charge is 1.00 e. The van der Waals surface area contributed by atoms with Crippen molar-refractivity contribution in [1.29, 1.82) is 0 Å². The van der Waals surface area contributed by atoms with Crippen molar-refractivity contribution in [2.45, 2.75) is 0 Å². The molecule has 4 aromatic carbocycles. The minimum absolute atomic E-state index is 0. The second-order valence-electron chi connectivity index (χ2n) is 6.21. The van der Waals surface area contributed by atoms with Crippen molar-refractivity contribution in [3.8, 4) is 0 Å². The van der Waals surface area contributed by atoms with Gasteiger partial charge in [-0.05, 0) is 33.4 Å². The molecule has 0 nitrogen and oxygen atoms in total. The molecule has 0 fully saturated rings. The van der Waals surface area contributed by atoms with Crippen molar-refractivity contribution in [2.24, 2.45) is 0 Å². The van der Waals surface area contributed by atoms with Crippen LogP contribution in [0.2, 0.25) is 0 Å². The van der Waals surface area contributed by atoms with E-state index in [-0.39, 0.29) is 59.1 Å². The topological polar surface area (TPSA) is 0 Å². The van der Waals surface area contributed by atoms with Gasteiger partial charge >= 0.3 is 59.1 Å². The van der Waals surface area contributed by atoms with Gasteiger partial charge in [0.05, 0.1) is 0 Å². The van der Waals surface area contributed by atoms with E-state index in [2.05, 4.69) is 121 Å². The summed E-state index contributed by atoms with van der Waals surface area (Å²) >= 11 is 0. The Labute approximate surface area is 211 Å². The van der Waals surface area contributed by atoms with Crippen LogP contribution in [-0.4, -0.2) is 0 Å². The summed E-state index contributed by atoms with van der Waals surface area (Å²) in [5.74, 6) is 0. The van der Waals surface area contributed by atoms with Crippen LogP contribution in [0.25, 0.3) is 11.1 Å². The van der Waals surface area contributed by atoms with E-state index < -0.39 is 0 Å². The fraction of sp³-hybridized carbons (Fsp3) is 0. The summed E-state index contributed by atoms with van der Waals surface area (Å²) in [4.78, 5) is 0. The van der Waals surface area contributed by atoms with Crippen LogP contribution in [0.15, 0.2) is 121 Å². The zero-order chi connectivity index (χ0) is 17.6. The van der Waals surface area contributed by atoms with Gasteiger partial charge in [-0.1, -0.05) is 121 Å². The van der Waals surface area contributed by atoms with Gasteiger partial charge in [-0.15, -0.1) is 0 Å². The third-order valence-electron chi connectivity index (χ3n) is 4.50. The molecule has 0 unspecified atom stereocenters. The number of hydrogen-bond acceptors (Lipinski definition) is 0. The third-order valence-corrected chi connectivity index (χ3v) is 4.50. The van der Waals surface area contributed by atoms with Crippen molar-refractivity contribution in [3.63, 3.8) is 0 Å². The third kappa shape index (κ3) is 5.36. The van der Waals surface area contributed by atoms with Gasteiger partial charge in [0.1, 0.15) is 0 Å². The minimum Gasteiger partial charge on any atom is -0.0622 e. The maximum absolute atomic E-state index is 2.19. The van der Waals surface area contributed by atoms with Gasteiger partial charge in [0, 0.05) is 0 Å². The summed E-state index contributed by atoms with van der Waals surface area (Å²) < 4.78 is 0. The first-order valence-corrected chi connectivity index (χ1v) is 8.89. The van der Waals surface area contributed by atoms with Gasteiger partial charge in [0.2, 0.25) is 0 Å². The summed E-state index contributed by atoms with van der Waals surface area (Å²) in [6.07, 6.45) is 0. The fourth-order valence-electron chi connectivity index (χ4n) is 3.33. The summed E-state index contributed by atoms with van der Waals surface area (Å²) in [7, 11) is 0. The molecule has 0 bridgehead atoms. The molecule has 4 aromatic rings. The summed E-state index contributed by atoms with van der Waals surface area (Å²) in [5.41, 5.74) is 7.40. The fourth-order valence-corrected chi connectivity index (χ4v) is 3.33. The molecule has 0 atom stereocenters. The SMILES string of the molecule is [Na+].[Na+].c1ccc(C(=C(c2ccccc2)c2ccccc2)c2ccccc2)cc1. The maximum Gasteiger partial charge on any atom is 1.00 e. The maximum atomic E-state index is 2.19. The van der Waals surface area contributed by atoms with Crippen LogP contribution in [0.3, 0.4) is 0 Å². The molecule has 124 valence electrons. The van der Waals surface area contributed by atoms with E-state index in [1.807, 2.05) is 0 Å². The smallest absolute Gasteiger partial charge is 0.0622 e. The van der Waals surface area contributed by atoms with E-state index in [9.17, 15) is 0 Å². The average molecular weight is 378 g/mol. The van der Waals surface area contributed by atoms with Crippen LogP contribution >= 0.6 is 0 Å². The van der Waals surface area contributed by atoms with Gasteiger partial charge in [0.25, 0.3) is 0 Å². The standard InChI is InChI=1S/C26H20.2Na/c1-5-13-21(14-6-1)25(22-15-7-2-8-16-22)26(23-17-9-3-10-18-23)24-19-11-4-12-20-24;;/h1-20H;;/q;2*+1. The van der Waals surface area contributed by atoms with Crippen molar-refractivity contribution < 1.29 is 59.1 Å². The summed E-state index contributed by atoms with van der Waals surface area (Å²) in [6.45, 7) is 0. The number of rotatable bonds is 4. The zero-order valence-corrected chi connectivity index (χ0v) is 20.5. The Bertz CT molecular complexity index is 825. The Kier molecular flexibility index (Phi) is 9.47. The Morgan fingerprint density at radius 3 is 0.643 bits per heavy atom. The Hall–Kier alpha value is -1.38. The molecule has 0 radical (unpaired) electrons. The van der Waals surface area contributed by atoms with Gasteiger partial charge in [-0.25, -0.2) is 0 Å². The van der Waals surface area contributed by atoms with Crippen LogP contribution < -0.4 is 59.1 Å². The van der Waals surface area contributed by atoms with E-state index in [4.69, 9.17) is 0 Å². The molecule has 2 heteroatoms. The quantitative estimate of drug-likeness (QED) is 0.362. The van der Waals surface area contributed by atoms with Crippen molar-refractivity contribution in [2.75, 3.05) is 0 Å². The molecule has 28 heavy (non-hydrogen) atoms. The van der Waals surface area contributed by atoms with E-state index in [1.54, 1.807) is 0 Å². The van der Waals surface area contributed by atoms with Crippen molar-refractivity contribution in [1.82, 2.24) is 0 Å². The molecule has 0 aliphatic carbocycles. The Morgan fingerprint density at radius 2 is 0.464 bits per heavy atom. The second kappa shape index (κ2) is 11.6. The molecular weight excluding hydrogens is 358 g/mol. The van der Waals surface area contributed by atoms with Crippen LogP contribution in [0.5, 0.6) is 0 Å². The predicted octanol–water partition coefficient (Wildman–Crippen LogP) is 0.702. The average Bonchev–Trinajstić information content (AvgIpc) is 2.74. The molecule has 0 aliphatic heterocycles. The summed E-state index contributed by atoms with van der Waals surface area (Å²) in [5, 5.41) is 0. The van der Waals surface area contributed by atoms with Crippen LogP contribution in [0.1, 0.15) is 22.3 Å². The molecule has 0 spiro atoms. The zero-order valence-electron chi connectivity index (χ0n) is 16.5. The van der Waals surface area contributed by atoms with Gasteiger partial charge in [0.15, 0.2) is 0 Å². The molecule has 0 saturated carbocycles. The monoisotopic (exact) mass is 378 g/mol. The number of benzene rings is 4.